The number of hydrogen-bond acceptors (Lipinski definition) is 5. The molecular formula is C26H33N7O3. The lowest BCUT2D eigenvalue weighted by Crippen LogP contribution is -2.31. The minimum atomic E-state index is -0.446. The molecule has 36 heavy (non-hydrogen) atoms. The van der Waals surface area contributed by atoms with Crippen LogP contribution in [-0.2, 0) is 30.8 Å². The number of H-pyrrole nitrogens is 1. The third kappa shape index (κ3) is 5.64. The van der Waals surface area contributed by atoms with E-state index in [1.165, 1.54) is 4.57 Å². The zero-order valence-electron chi connectivity index (χ0n) is 21.0. The normalized spacial score (nSPS) is 11.4. The molecule has 0 bridgehead atoms. The number of hydrogen-bond donors (Lipinski definition) is 2. The number of rotatable bonds is 11. The van der Waals surface area contributed by atoms with Crippen LogP contribution in [0, 0.1) is 5.92 Å². The predicted octanol–water partition coefficient (Wildman–Crippen LogP) is 2.78. The van der Waals surface area contributed by atoms with Gasteiger partial charge in [0.15, 0.2) is 11.2 Å². The van der Waals surface area contributed by atoms with Gasteiger partial charge in [0.1, 0.15) is 5.82 Å². The summed E-state index contributed by atoms with van der Waals surface area (Å²) in [5, 5.41) is 7.17. The minimum Gasteiger partial charge on any atom is -0.352 e. The number of fused-ring (bicyclic) bond motifs is 1. The molecule has 4 rings (SSSR count). The molecule has 1 aromatic carbocycles. The Labute approximate surface area is 209 Å². The van der Waals surface area contributed by atoms with Crippen LogP contribution in [0.25, 0.3) is 16.9 Å². The van der Waals surface area contributed by atoms with Crippen molar-refractivity contribution >= 4 is 17.1 Å². The van der Waals surface area contributed by atoms with Gasteiger partial charge in [0.2, 0.25) is 5.91 Å². The van der Waals surface area contributed by atoms with Crippen molar-refractivity contribution in [1.82, 2.24) is 34.2 Å². The maximum absolute atomic E-state index is 12.7. The van der Waals surface area contributed by atoms with Crippen LogP contribution in [0.15, 0.2) is 52.3 Å². The lowest BCUT2D eigenvalue weighted by molar-refractivity contribution is -0.121. The molecule has 0 unspecified atom stereocenters. The van der Waals surface area contributed by atoms with Gasteiger partial charge in [-0.05, 0) is 36.1 Å². The first-order valence-corrected chi connectivity index (χ1v) is 12.4. The van der Waals surface area contributed by atoms with Gasteiger partial charge in [0.25, 0.3) is 5.56 Å². The number of unbranched alkanes of at least 4 members (excludes halogenated alkanes) is 1. The molecule has 0 aliphatic rings. The highest BCUT2D eigenvalue weighted by atomic mass is 16.2. The number of imidazole rings is 1. The van der Waals surface area contributed by atoms with E-state index in [2.05, 4.69) is 34.2 Å². The van der Waals surface area contributed by atoms with Gasteiger partial charge in [-0.25, -0.2) is 14.5 Å². The van der Waals surface area contributed by atoms with E-state index in [1.54, 1.807) is 10.9 Å². The number of aryl methyl sites for hydroxylation is 2. The molecule has 0 radical (unpaired) electrons. The number of amides is 1. The molecule has 10 heteroatoms. The first kappa shape index (κ1) is 25.2. The number of nitrogens with zero attached hydrogens (tertiary/aromatic N) is 5. The van der Waals surface area contributed by atoms with E-state index >= 15 is 0 Å². The third-order valence-electron chi connectivity index (χ3n) is 6.02. The second-order valence-electron chi connectivity index (χ2n) is 9.36. The fraction of sp³-hybridized carbons (Fsp3) is 0.423. The summed E-state index contributed by atoms with van der Waals surface area (Å²) >= 11 is 0. The summed E-state index contributed by atoms with van der Waals surface area (Å²) in [6.45, 7) is 7.63. The number of nitrogens with one attached hydrogen (secondary N) is 2. The molecule has 0 atom stereocenters. The monoisotopic (exact) mass is 491 g/mol. The Balaban J connectivity index is 1.47. The second-order valence-corrected chi connectivity index (χ2v) is 9.36. The van der Waals surface area contributed by atoms with E-state index < -0.39 is 11.2 Å². The van der Waals surface area contributed by atoms with Crippen LogP contribution in [0.3, 0.4) is 0 Å². The smallest absolute Gasteiger partial charge is 0.330 e. The van der Waals surface area contributed by atoms with Gasteiger partial charge in [-0.3, -0.25) is 19.1 Å². The minimum absolute atomic E-state index is 0.105. The molecule has 0 aliphatic heterocycles. The number of aromatic amines is 1. The molecule has 10 nitrogen and oxygen atoms in total. The van der Waals surface area contributed by atoms with Gasteiger partial charge < -0.3 is 9.88 Å². The fourth-order valence-corrected chi connectivity index (χ4v) is 4.20. The Bertz CT molecular complexity index is 1430. The lowest BCUT2D eigenvalue weighted by atomic mass is 10.2. The summed E-state index contributed by atoms with van der Waals surface area (Å²) in [4.78, 5) is 44.9. The summed E-state index contributed by atoms with van der Waals surface area (Å²) in [7, 11) is 0. The van der Waals surface area contributed by atoms with E-state index in [0.29, 0.717) is 43.0 Å². The number of aromatic nitrogens is 6. The van der Waals surface area contributed by atoms with E-state index in [9.17, 15) is 14.4 Å². The first-order chi connectivity index (χ1) is 17.4. The highest BCUT2D eigenvalue weighted by Gasteiger charge is 2.19. The predicted molar refractivity (Wildman–Crippen MR) is 138 cm³/mol. The highest BCUT2D eigenvalue weighted by Crippen LogP contribution is 2.16. The van der Waals surface area contributed by atoms with Crippen LogP contribution >= 0.6 is 0 Å². The molecular weight excluding hydrogens is 458 g/mol. The van der Waals surface area contributed by atoms with E-state index in [4.69, 9.17) is 0 Å². The van der Waals surface area contributed by atoms with Gasteiger partial charge >= 0.3 is 5.69 Å². The van der Waals surface area contributed by atoms with E-state index in [1.807, 2.05) is 48.0 Å². The second kappa shape index (κ2) is 11.2. The van der Waals surface area contributed by atoms with Gasteiger partial charge in [-0.1, -0.05) is 39.3 Å². The summed E-state index contributed by atoms with van der Waals surface area (Å²) in [5.41, 5.74) is 1.84. The van der Waals surface area contributed by atoms with Gasteiger partial charge in [-0.2, -0.15) is 5.10 Å². The van der Waals surface area contributed by atoms with Gasteiger partial charge in [0.05, 0.1) is 5.69 Å². The number of benzene rings is 1. The third-order valence-corrected chi connectivity index (χ3v) is 6.02. The van der Waals surface area contributed by atoms with Crippen LogP contribution < -0.4 is 16.6 Å². The zero-order valence-corrected chi connectivity index (χ0v) is 21.0. The van der Waals surface area contributed by atoms with Crippen LogP contribution in [0.4, 0.5) is 0 Å². The van der Waals surface area contributed by atoms with E-state index in [0.717, 1.165) is 24.1 Å². The van der Waals surface area contributed by atoms with Crippen LogP contribution in [0.5, 0.6) is 0 Å². The molecule has 2 N–H and O–H groups in total. The maximum atomic E-state index is 12.7. The lowest BCUT2D eigenvalue weighted by Gasteiger charge is -2.12. The van der Waals surface area contributed by atoms with Crippen molar-refractivity contribution in [2.24, 2.45) is 5.92 Å². The van der Waals surface area contributed by atoms with Crippen molar-refractivity contribution in [3.05, 3.63) is 75.0 Å². The molecule has 4 aromatic rings. The van der Waals surface area contributed by atoms with Crippen molar-refractivity contribution in [2.45, 2.75) is 66.1 Å². The average Bonchev–Trinajstić information content (AvgIpc) is 3.50. The van der Waals surface area contributed by atoms with E-state index in [-0.39, 0.29) is 18.2 Å². The maximum Gasteiger partial charge on any atom is 0.330 e. The van der Waals surface area contributed by atoms with Crippen molar-refractivity contribution in [3.8, 4) is 5.69 Å². The van der Waals surface area contributed by atoms with Crippen molar-refractivity contribution in [2.75, 3.05) is 0 Å². The Morgan fingerprint density at radius 1 is 1.14 bits per heavy atom. The quantitative estimate of drug-likeness (QED) is 0.334. The average molecular weight is 492 g/mol. The van der Waals surface area contributed by atoms with Crippen molar-refractivity contribution in [3.63, 3.8) is 0 Å². The fourth-order valence-electron chi connectivity index (χ4n) is 4.20. The topological polar surface area (TPSA) is 120 Å². The Hall–Kier alpha value is -3.95. The molecule has 0 spiro atoms. The Morgan fingerprint density at radius 2 is 1.92 bits per heavy atom. The van der Waals surface area contributed by atoms with Crippen molar-refractivity contribution in [1.29, 1.82) is 0 Å². The molecule has 3 aromatic heterocycles. The summed E-state index contributed by atoms with van der Waals surface area (Å²) in [5.74, 6) is 0.792. The SMILES string of the molecule is CCCCn1c(=O)[nH]c(=O)c2c1nc(CCC(=O)NCc1ccc(-n3cccn3)cc1)n2CC(C)C. The van der Waals surface area contributed by atoms with Gasteiger partial charge in [-0.15, -0.1) is 0 Å². The van der Waals surface area contributed by atoms with Crippen LogP contribution in [0.1, 0.15) is 51.4 Å². The Kier molecular flexibility index (Phi) is 7.82. The molecule has 0 aliphatic carbocycles. The summed E-state index contributed by atoms with van der Waals surface area (Å²) in [6, 6.07) is 9.70. The van der Waals surface area contributed by atoms with Crippen molar-refractivity contribution < 1.29 is 4.79 Å². The van der Waals surface area contributed by atoms with Crippen LogP contribution in [-0.4, -0.2) is 34.8 Å². The number of carbonyl (C=O) groups excluding carboxylic acids is 1. The molecule has 1 amide bonds. The Morgan fingerprint density at radius 3 is 2.58 bits per heavy atom. The largest absolute Gasteiger partial charge is 0.352 e. The first-order valence-electron chi connectivity index (χ1n) is 12.4. The summed E-state index contributed by atoms with van der Waals surface area (Å²) < 4.78 is 5.17. The van der Waals surface area contributed by atoms with Crippen LogP contribution in [0.2, 0.25) is 0 Å². The molecule has 190 valence electrons. The zero-order chi connectivity index (χ0) is 25.7. The molecule has 3 heterocycles. The van der Waals surface area contributed by atoms with Gasteiger partial charge in [0, 0.05) is 44.9 Å². The molecule has 0 saturated carbocycles. The standard InChI is InChI=1S/C26H33N7O3/c1-4-5-14-31-24-23(25(35)30-26(31)36)32(17-18(2)3)21(29-24)11-12-22(34)27-16-19-7-9-20(10-8-19)33-15-6-13-28-33/h6-10,13,15,18H,4-5,11-12,14,16-17H2,1-3H3,(H,27,34)(H,30,35,36). The highest BCUT2D eigenvalue weighted by molar-refractivity contribution is 5.76. The summed E-state index contributed by atoms with van der Waals surface area (Å²) in [6.07, 6.45) is 5.92. The molecule has 0 fully saturated rings. The molecule has 0 saturated heterocycles. The number of carbonyl (C=O) groups is 1.